The lowest BCUT2D eigenvalue weighted by Gasteiger charge is -2.06. The normalized spacial score (nSPS) is 12.8. The minimum atomic E-state index is -0.662. The topological polar surface area (TPSA) is 88.4 Å². The first-order valence-corrected chi connectivity index (χ1v) is 9.32. The van der Waals surface area contributed by atoms with Crippen molar-refractivity contribution in [2.75, 3.05) is 20.0 Å². The molecule has 2 aromatic rings. The van der Waals surface area contributed by atoms with E-state index in [1.54, 1.807) is 19.1 Å². The van der Waals surface area contributed by atoms with Gasteiger partial charge in [-0.2, -0.15) is 0 Å². The van der Waals surface area contributed by atoms with Gasteiger partial charge in [0.05, 0.1) is 5.71 Å². The first kappa shape index (κ1) is 20.4. The Kier molecular flexibility index (Phi) is 6.21. The highest BCUT2D eigenvalue weighted by Gasteiger charge is 2.17. The molecule has 0 bridgehead atoms. The largest absolute Gasteiger partial charge is 0.455 e. The molecule has 0 saturated carbocycles. The first-order chi connectivity index (χ1) is 13.9. The van der Waals surface area contributed by atoms with Gasteiger partial charge in [-0.05, 0) is 52.0 Å². The summed E-state index contributed by atoms with van der Waals surface area (Å²) >= 11 is 0. The quantitative estimate of drug-likeness (QED) is 0.293. The van der Waals surface area contributed by atoms with Crippen molar-refractivity contribution in [2.45, 2.75) is 34.2 Å². The fraction of sp³-hybridized carbons (Fsp3) is 0.381. The average Bonchev–Trinajstić information content (AvgIpc) is 3.29. The molecule has 154 valence electrons. The molecule has 8 nitrogen and oxygen atoms in total. The van der Waals surface area contributed by atoms with Crippen LogP contribution in [0.5, 0.6) is 11.5 Å². The number of hydrogen-bond donors (Lipinski definition) is 0. The molecule has 0 atom stereocenters. The highest BCUT2D eigenvalue weighted by atomic mass is 16.7. The van der Waals surface area contributed by atoms with Crippen LogP contribution in [0.1, 0.15) is 41.2 Å². The van der Waals surface area contributed by atoms with E-state index < -0.39 is 5.97 Å². The van der Waals surface area contributed by atoms with Gasteiger partial charge in [-0.1, -0.05) is 5.16 Å². The molecule has 0 spiro atoms. The number of carbonyl (C=O) groups is 2. The highest BCUT2D eigenvalue weighted by molar-refractivity contribution is 5.99. The molecule has 1 aliphatic rings. The number of ketones is 1. The molecule has 8 heteroatoms. The number of aromatic nitrogens is 1. The lowest BCUT2D eigenvalue weighted by Crippen LogP contribution is -2.18. The second-order valence-electron chi connectivity index (χ2n) is 6.63. The summed E-state index contributed by atoms with van der Waals surface area (Å²) in [6.07, 6.45) is 0. The van der Waals surface area contributed by atoms with E-state index >= 15 is 0 Å². The van der Waals surface area contributed by atoms with Gasteiger partial charge in [-0.25, -0.2) is 4.79 Å². The summed E-state index contributed by atoms with van der Waals surface area (Å²) in [4.78, 5) is 29.2. The van der Waals surface area contributed by atoms with Crippen molar-refractivity contribution in [3.63, 3.8) is 0 Å². The summed E-state index contributed by atoms with van der Waals surface area (Å²) in [5.41, 5.74) is 3.78. The van der Waals surface area contributed by atoms with Crippen molar-refractivity contribution >= 4 is 17.5 Å². The summed E-state index contributed by atoms with van der Waals surface area (Å²) in [7, 11) is 0. The van der Waals surface area contributed by atoms with Crippen molar-refractivity contribution < 1.29 is 28.6 Å². The first-order valence-electron chi connectivity index (χ1n) is 9.32. The van der Waals surface area contributed by atoms with Crippen molar-refractivity contribution in [3.8, 4) is 11.5 Å². The van der Waals surface area contributed by atoms with E-state index in [1.165, 1.54) is 0 Å². The fourth-order valence-electron chi connectivity index (χ4n) is 3.19. The van der Waals surface area contributed by atoms with Gasteiger partial charge in [0.15, 0.2) is 18.1 Å². The lowest BCUT2D eigenvalue weighted by molar-refractivity contribution is -0.147. The summed E-state index contributed by atoms with van der Waals surface area (Å²) in [5, 5.41) is 3.92. The van der Waals surface area contributed by atoms with Gasteiger partial charge in [0.2, 0.25) is 19.2 Å². The van der Waals surface area contributed by atoms with Crippen LogP contribution >= 0.6 is 0 Å². The van der Waals surface area contributed by atoms with Crippen LogP contribution in [0, 0.1) is 13.8 Å². The second kappa shape index (κ2) is 8.81. The highest BCUT2D eigenvalue weighted by Crippen LogP contribution is 2.32. The number of hydrogen-bond acceptors (Lipinski definition) is 7. The van der Waals surface area contributed by atoms with E-state index in [4.69, 9.17) is 19.0 Å². The van der Waals surface area contributed by atoms with Crippen LogP contribution in [0.4, 0.5) is 0 Å². The number of oxime groups is 1. The van der Waals surface area contributed by atoms with E-state index in [0.29, 0.717) is 22.8 Å². The SMILES string of the molecule is CCn1c(C)cc(C(=O)COC(=O)CO/N=C(\C)c2ccc3c(c2)OCO3)c1C. The van der Waals surface area contributed by atoms with Gasteiger partial charge in [-0.15, -0.1) is 0 Å². The molecule has 1 aromatic carbocycles. The molecule has 0 amide bonds. The summed E-state index contributed by atoms with van der Waals surface area (Å²) in [6.45, 7) is 7.82. The van der Waals surface area contributed by atoms with Crippen LogP contribution in [-0.2, 0) is 20.9 Å². The predicted octanol–water partition coefficient (Wildman–Crippen LogP) is 3.02. The Morgan fingerprint density at radius 3 is 2.62 bits per heavy atom. The molecule has 1 aliphatic heterocycles. The predicted molar refractivity (Wildman–Crippen MR) is 106 cm³/mol. The van der Waals surface area contributed by atoms with Gasteiger partial charge in [0.1, 0.15) is 0 Å². The fourth-order valence-corrected chi connectivity index (χ4v) is 3.19. The van der Waals surface area contributed by atoms with Crippen molar-refractivity contribution in [2.24, 2.45) is 5.16 Å². The van der Waals surface area contributed by atoms with E-state index in [1.807, 2.05) is 37.5 Å². The van der Waals surface area contributed by atoms with Crippen LogP contribution < -0.4 is 9.47 Å². The van der Waals surface area contributed by atoms with Gasteiger partial charge in [-0.3, -0.25) is 4.79 Å². The summed E-state index contributed by atoms with van der Waals surface area (Å²) in [5.74, 6) is 0.406. The molecule has 0 N–H and O–H groups in total. The standard InChI is InChI=1S/C21H24N2O6/c1-5-23-13(2)8-17(15(23)4)18(24)10-26-21(25)11-29-22-14(3)16-6-7-19-20(9-16)28-12-27-19/h6-9H,5,10-12H2,1-4H3/b22-14+. The monoisotopic (exact) mass is 400 g/mol. The van der Waals surface area contributed by atoms with E-state index in [9.17, 15) is 9.59 Å². The Labute approximate surface area is 169 Å². The Morgan fingerprint density at radius 2 is 1.90 bits per heavy atom. The van der Waals surface area contributed by atoms with Crippen LogP contribution in [0.15, 0.2) is 29.4 Å². The number of rotatable bonds is 8. The molecule has 1 aromatic heterocycles. The minimum absolute atomic E-state index is 0.193. The molecular formula is C21H24N2O6. The number of benzene rings is 1. The van der Waals surface area contributed by atoms with Gasteiger partial charge < -0.3 is 23.6 Å². The summed E-state index contributed by atoms with van der Waals surface area (Å²) in [6, 6.07) is 7.20. The number of esters is 1. The third-order valence-corrected chi connectivity index (χ3v) is 4.73. The van der Waals surface area contributed by atoms with Crippen LogP contribution in [-0.4, -0.2) is 42.0 Å². The average molecular weight is 400 g/mol. The molecule has 0 fully saturated rings. The lowest BCUT2D eigenvalue weighted by atomic mass is 10.1. The van der Waals surface area contributed by atoms with Crippen molar-refractivity contribution in [1.29, 1.82) is 0 Å². The number of fused-ring (bicyclic) bond motifs is 1. The van der Waals surface area contributed by atoms with E-state index in [2.05, 4.69) is 5.16 Å². The number of nitrogens with zero attached hydrogens (tertiary/aromatic N) is 2. The van der Waals surface area contributed by atoms with Gasteiger partial charge >= 0.3 is 5.97 Å². The molecule has 3 rings (SSSR count). The molecule has 2 heterocycles. The number of carbonyl (C=O) groups excluding carboxylic acids is 2. The number of ether oxygens (including phenoxy) is 3. The molecule has 0 radical (unpaired) electrons. The molecule has 29 heavy (non-hydrogen) atoms. The maximum absolute atomic E-state index is 12.3. The van der Waals surface area contributed by atoms with E-state index in [0.717, 1.165) is 23.5 Å². The number of aryl methyl sites for hydroxylation is 1. The maximum atomic E-state index is 12.3. The zero-order valence-electron chi connectivity index (χ0n) is 17.0. The number of Topliss-reactive ketones (excluding diaryl/α,β-unsaturated/α-hetero) is 1. The maximum Gasteiger partial charge on any atom is 0.347 e. The second-order valence-corrected chi connectivity index (χ2v) is 6.63. The van der Waals surface area contributed by atoms with Gasteiger partial charge in [0, 0.05) is 29.1 Å². The van der Waals surface area contributed by atoms with E-state index in [-0.39, 0.29) is 25.8 Å². The zero-order chi connectivity index (χ0) is 21.0. The zero-order valence-corrected chi connectivity index (χ0v) is 17.0. The Balaban J connectivity index is 1.48. The molecular weight excluding hydrogens is 376 g/mol. The smallest absolute Gasteiger partial charge is 0.347 e. The van der Waals surface area contributed by atoms with Crippen LogP contribution in [0.25, 0.3) is 0 Å². The van der Waals surface area contributed by atoms with Crippen molar-refractivity contribution in [1.82, 2.24) is 4.57 Å². The Morgan fingerprint density at radius 1 is 1.14 bits per heavy atom. The summed E-state index contributed by atoms with van der Waals surface area (Å²) < 4.78 is 17.6. The van der Waals surface area contributed by atoms with Crippen LogP contribution in [0.2, 0.25) is 0 Å². The molecule has 0 aliphatic carbocycles. The molecule has 0 saturated heterocycles. The van der Waals surface area contributed by atoms with Gasteiger partial charge in [0.25, 0.3) is 0 Å². The minimum Gasteiger partial charge on any atom is -0.455 e. The van der Waals surface area contributed by atoms with Crippen molar-refractivity contribution in [3.05, 3.63) is 46.8 Å². The molecule has 0 unspecified atom stereocenters. The third-order valence-electron chi connectivity index (χ3n) is 4.73. The Hall–Kier alpha value is -3.29. The third kappa shape index (κ3) is 4.59. The van der Waals surface area contributed by atoms with Crippen LogP contribution in [0.3, 0.4) is 0 Å². The Bertz CT molecular complexity index is 960.